The molecule has 2 amide bonds. The molecule has 0 saturated heterocycles. The number of rotatable bonds is 2. The summed E-state index contributed by atoms with van der Waals surface area (Å²) in [7, 11) is 1.54. The van der Waals surface area contributed by atoms with E-state index < -0.39 is 0 Å². The van der Waals surface area contributed by atoms with Crippen LogP contribution < -0.4 is 0 Å². The molecule has 0 bridgehead atoms. The number of benzene rings is 2. The zero-order valence-electron chi connectivity index (χ0n) is 15.9. The van der Waals surface area contributed by atoms with Crippen molar-refractivity contribution in [3.8, 4) is 0 Å². The van der Waals surface area contributed by atoms with Crippen LogP contribution in [-0.2, 0) is 9.59 Å². The van der Waals surface area contributed by atoms with Gasteiger partial charge in [-0.2, -0.15) is 0 Å². The number of nitrogens with one attached hydrogen (secondary N) is 2. The van der Waals surface area contributed by atoms with Crippen LogP contribution in [0.2, 0.25) is 0 Å². The smallest absolute Gasteiger partial charge is 0.261 e. The first kappa shape index (κ1) is 16.6. The molecular weight excluding hydrogens is 350 g/mol. The molecule has 138 valence electrons. The Bertz CT molecular complexity index is 1230. The van der Waals surface area contributed by atoms with E-state index in [1.54, 1.807) is 0 Å². The van der Waals surface area contributed by atoms with E-state index >= 15 is 0 Å². The number of aromatic nitrogens is 2. The van der Waals surface area contributed by atoms with Gasteiger partial charge < -0.3 is 9.97 Å². The molecule has 0 atom stereocenters. The number of nitrogens with zero attached hydrogens (tertiary/aromatic N) is 1. The molecule has 5 rings (SSSR count). The SMILES string of the molecule is Cc1ccc2[nH]cc(C3=C(c4c[nH]c5ccc(C)cc45)C(=O)N(C)C3=O)c2c1. The highest BCUT2D eigenvalue weighted by Gasteiger charge is 2.39. The Morgan fingerprint density at radius 1 is 0.714 bits per heavy atom. The van der Waals surface area contributed by atoms with Crippen LogP contribution in [0.3, 0.4) is 0 Å². The Hall–Kier alpha value is -3.60. The molecule has 0 fully saturated rings. The molecule has 0 aliphatic carbocycles. The van der Waals surface area contributed by atoms with Crippen LogP contribution in [0.25, 0.3) is 33.0 Å². The molecule has 1 aliphatic heterocycles. The third kappa shape index (κ3) is 2.19. The Labute approximate surface area is 161 Å². The summed E-state index contributed by atoms with van der Waals surface area (Å²) in [6, 6.07) is 12.1. The van der Waals surface area contributed by atoms with Crippen molar-refractivity contribution in [2.24, 2.45) is 0 Å². The van der Waals surface area contributed by atoms with Crippen LogP contribution in [0, 0.1) is 13.8 Å². The molecule has 3 heterocycles. The third-order valence-electron chi connectivity index (χ3n) is 5.50. The van der Waals surface area contributed by atoms with Crippen molar-refractivity contribution >= 4 is 44.8 Å². The van der Waals surface area contributed by atoms with Gasteiger partial charge in [0, 0.05) is 52.4 Å². The van der Waals surface area contributed by atoms with E-state index in [1.807, 2.05) is 62.6 Å². The van der Waals surface area contributed by atoms with E-state index in [4.69, 9.17) is 0 Å². The number of likely N-dealkylation sites (N-methyl/N-ethyl adjacent to an activating group) is 1. The summed E-state index contributed by atoms with van der Waals surface area (Å²) >= 11 is 0. The van der Waals surface area contributed by atoms with Crippen LogP contribution in [0.15, 0.2) is 48.8 Å². The first-order valence-electron chi connectivity index (χ1n) is 9.18. The predicted molar refractivity (Wildman–Crippen MR) is 111 cm³/mol. The maximum atomic E-state index is 13.1. The number of amides is 2. The van der Waals surface area contributed by atoms with Crippen molar-refractivity contribution in [1.82, 2.24) is 14.9 Å². The van der Waals surface area contributed by atoms with Gasteiger partial charge in [-0.05, 0) is 38.1 Å². The average Bonchev–Trinajstić information content (AvgIpc) is 3.32. The Balaban J connectivity index is 1.86. The Kier molecular flexibility index (Phi) is 3.37. The van der Waals surface area contributed by atoms with Crippen LogP contribution >= 0.6 is 0 Å². The number of hydrogen-bond donors (Lipinski definition) is 2. The lowest BCUT2D eigenvalue weighted by atomic mass is 9.95. The lowest BCUT2D eigenvalue weighted by Gasteiger charge is -2.06. The molecule has 28 heavy (non-hydrogen) atoms. The highest BCUT2D eigenvalue weighted by atomic mass is 16.2. The van der Waals surface area contributed by atoms with Crippen molar-refractivity contribution in [3.05, 3.63) is 71.0 Å². The van der Waals surface area contributed by atoms with E-state index in [2.05, 4.69) is 9.97 Å². The van der Waals surface area contributed by atoms with Gasteiger partial charge in [-0.3, -0.25) is 14.5 Å². The number of imide groups is 1. The summed E-state index contributed by atoms with van der Waals surface area (Å²) in [6.45, 7) is 4.03. The largest absolute Gasteiger partial charge is 0.361 e. The first-order valence-corrected chi connectivity index (χ1v) is 9.18. The van der Waals surface area contributed by atoms with E-state index in [-0.39, 0.29) is 11.8 Å². The van der Waals surface area contributed by atoms with E-state index in [1.165, 1.54) is 11.9 Å². The molecule has 5 heteroatoms. The number of aryl methyl sites for hydroxylation is 2. The summed E-state index contributed by atoms with van der Waals surface area (Å²) in [5.41, 5.74) is 6.51. The van der Waals surface area contributed by atoms with Gasteiger partial charge in [-0.15, -0.1) is 0 Å². The Morgan fingerprint density at radius 2 is 1.14 bits per heavy atom. The summed E-state index contributed by atoms with van der Waals surface area (Å²) < 4.78 is 0. The molecule has 2 aromatic heterocycles. The number of hydrogen-bond acceptors (Lipinski definition) is 2. The highest BCUT2D eigenvalue weighted by molar-refractivity contribution is 6.50. The van der Waals surface area contributed by atoms with Crippen molar-refractivity contribution in [2.75, 3.05) is 7.05 Å². The standard InChI is InChI=1S/C23H19N3O2/c1-12-4-6-18-14(8-12)16(10-24-18)20-21(23(28)26(3)22(20)27)17-11-25-19-7-5-13(2)9-15(17)19/h4-11,24-25H,1-3H3. The average molecular weight is 369 g/mol. The minimum atomic E-state index is -0.274. The molecule has 2 N–H and O–H groups in total. The lowest BCUT2D eigenvalue weighted by Crippen LogP contribution is -2.26. The fraction of sp³-hybridized carbons (Fsp3) is 0.130. The van der Waals surface area contributed by atoms with Gasteiger partial charge in [0.05, 0.1) is 11.1 Å². The van der Waals surface area contributed by atoms with Gasteiger partial charge >= 0.3 is 0 Å². The summed E-state index contributed by atoms with van der Waals surface area (Å²) in [5, 5.41) is 1.89. The topological polar surface area (TPSA) is 69.0 Å². The van der Waals surface area contributed by atoms with Crippen LogP contribution in [0.5, 0.6) is 0 Å². The molecular formula is C23H19N3O2. The number of aromatic amines is 2. The van der Waals surface area contributed by atoms with Crippen LogP contribution in [-0.4, -0.2) is 33.7 Å². The van der Waals surface area contributed by atoms with Gasteiger partial charge in [0.1, 0.15) is 0 Å². The molecule has 0 radical (unpaired) electrons. The third-order valence-corrected chi connectivity index (χ3v) is 5.50. The second-order valence-corrected chi connectivity index (χ2v) is 7.42. The normalized spacial score (nSPS) is 14.9. The molecule has 5 nitrogen and oxygen atoms in total. The number of fused-ring (bicyclic) bond motifs is 2. The molecule has 0 saturated carbocycles. The molecule has 0 spiro atoms. The van der Waals surface area contributed by atoms with Crippen LogP contribution in [0.4, 0.5) is 0 Å². The van der Waals surface area contributed by atoms with Gasteiger partial charge in [0.2, 0.25) is 0 Å². The van der Waals surface area contributed by atoms with Crippen LogP contribution in [0.1, 0.15) is 22.3 Å². The van der Waals surface area contributed by atoms with Gasteiger partial charge in [-0.25, -0.2) is 0 Å². The first-order chi connectivity index (χ1) is 13.5. The molecule has 1 aliphatic rings. The van der Waals surface area contributed by atoms with Gasteiger partial charge in [-0.1, -0.05) is 23.3 Å². The maximum Gasteiger partial charge on any atom is 0.261 e. The summed E-state index contributed by atoms with van der Waals surface area (Å²) in [6.07, 6.45) is 3.65. The number of H-pyrrole nitrogens is 2. The minimum absolute atomic E-state index is 0.274. The fourth-order valence-electron chi connectivity index (χ4n) is 4.02. The maximum absolute atomic E-state index is 13.1. The predicted octanol–water partition coefficient (Wildman–Crippen LogP) is 4.18. The molecule has 4 aromatic rings. The minimum Gasteiger partial charge on any atom is -0.361 e. The quantitative estimate of drug-likeness (QED) is 0.521. The van der Waals surface area contributed by atoms with E-state index in [0.29, 0.717) is 11.1 Å². The number of carbonyl (C=O) groups excluding carboxylic acids is 2. The van der Waals surface area contributed by atoms with E-state index in [9.17, 15) is 9.59 Å². The zero-order valence-corrected chi connectivity index (χ0v) is 15.9. The lowest BCUT2D eigenvalue weighted by molar-refractivity contribution is -0.134. The Morgan fingerprint density at radius 3 is 1.57 bits per heavy atom. The van der Waals surface area contributed by atoms with E-state index in [0.717, 1.165) is 44.1 Å². The monoisotopic (exact) mass is 369 g/mol. The molecule has 2 aromatic carbocycles. The number of carbonyl (C=O) groups is 2. The van der Waals surface area contributed by atoms with Gasteiger partial charge in [0.25, 0.3) is 11.8 Å². The van der Waals surface area contributed by atoms with Gasteiger partial charge in [0.15, 0.2) is 0 Å². The highest BCUT2D eigenvalue weighted by Crippen LogP contribution is 2.40. The second kappa shape index (κ2) is 5.70. The van der Waals surface area contributed by atoms with Crippen molar-refractivity contribution in [3.63, 3.8) is 0 Å². The van der Waals surface area contributed by atoms with Crippen molar-refractivity contribution < 1.29 is 9.59 Å². The molecule has 0 unspecified atom stereocenters. The van der Waals surface area contributed by atoms with Crippen molar-refractivity contribution in [2.45, 2.75) is 13.8 Å². The summed E-state index contributed by atoms with van der Waals surface area (Å²) in [5.74, 6) is -0.547. The van der Waals surface area contributed by atoms with Crippen molar-refractivity contribution in [1.29, 1.82) is 0 Å². The fourth-order valence-corrected chi connectivity index (χ4v) is 4.02. The summed E-state index contributed by atoms with van der Waals surface area (Å²) in [4.78, 5) is 33.8. The second-order valence-electron chi connectivity index (χ2n) is 7.42. The zero-order chi connectivity index (χ0) is 19.6.